The molecule has 2 rings (SSSR count). The van der Waals surface area contributed by atoms with Crippen LogP contribution in [0.25, 0.3) is 11.1 Å². The van der Waals surface area contributed by atoms with Gasteiger partial charge in [0.1, 0.15) is 0 Å². The Hall–Kier alpha value is -1.27. The maximum atomic E-state index is 5.83. The van der Waals surface area contributed by atoms with Crippen molar-refractivity contribution in [1.29, 1.82) is 0 Å². The van der Waals surface area contributed by atoms with Crippen molar-refractivity contribution < 1.29 is 0 Å². The molecule has 0 aliphatic carbocycles. The van der Waals surface area contributed by atoms with Gasteiger partial charge < -0.3 is 0 Å². The number of halogens is 1. The van der Waals surface area contributed by atoms with Crippen molar-refractivity contribution in [2.24, 2.45) is 0 Å². The minimum atomic E-state index is 0.779. The van der Waals surface area contributed by atoms with E-state index in [1.54, 1.807) is 0 Å². The summed E-state index contributed by atoms with van der Waals surface area (Å²) in [4.78, 5) is 0. The maximum absolute atomic E-state index is 5.83. The molecule has 0 aliphatic heterocycles. The lowest BCUT2D eigenvalue weighted by Crippen LogP contribution is -1.78. The Bertz CT molecular complexity index is 429. The molecule has 84 valence electrons. The summed E-state index contributed by atoms with van der Waals surface area (Å²) in [7, 11) is 0. The third-order valence-electron chi connectivity index (χ3n) is 2.20. The lowest BCUT2D eigenvalue weighted by atomic mass is 10.0. The van der Waals surface area contributed by atoms with Crippen LogP contribution in [-0.4, -0.2) is 0 Å². The molecule has 0 saturated carbocycles. The minimum absolute atomic E-state index is 0.779. The number of benzene rings is 2. The van der Waals surface area contributed by atoms with Crippen LogP contribution in [0, 0.1) is 6.92 Å². The van der Waals surface area contributed by atoms with Gasteiger partial charge in [-0.05, 0) is 30.2 Å². The van der Waals surface area contributed by atoms with Gasteiger partial charge in [0, 0.05) is 5.02 Å². The van der Waals surface area contributed by atoms with Gasteiger partial charge in [-0.25, -0.2) is 0 Å². The van der Waals surface area contributed by atoms with Crippen LogP contribution in [-0.2, 0) is 0 Å². The van der Waals surface area contributed by atoms with Crippen molar-refractivity contribution in [1.82, 2.24) is 0 Å². The van der Waals surface area contributed by atoms with Crippen molar-refractivity contribution in [3.63, 3.8) is 0 Å². The van der Waals surface area contributed by atoms with E-state index in [-0.39, 0.29) is 0 Å². The summed E-state index contributed by atoms with van der Waals surface area (Å²) in [6.07, 6.45) is 0. The van der Waals surface area contributed by atoms with E-state index in [0.29, 0.717) is 0 Å². The van der Waals surface area contributed by atoms with E-state index in [4.69, 9.17) is 11.6 Å². The molecule has 2 aromatic carbocycles. The SMILES string of the molecule is CC.Cc1cccc(-c2ccc(Cl)cc2)c1. The standard InChI is InChI=1S/C13H11Cl.C2H6/c1-10-3-2-4-12(9-10)11-5-7-13(14)8-6-11;1-2/h2-9H,1H3;1-2H3. The molecule has 16 heavy (non-hydrogen) atoms. The van der Waals surface area contributed by atoms with Gasteiger partial charge in [0.15, 0.2) is 0 Å². The molecule has 0 saturated heterocycles. The van der Waals surface area contributed by atoms with Crippen molar-refractivity contribution in [2.75, 3.05) is 0 Å². The first-order valence-corrected chi connectivity index (χ1v) is 5.96. The Kier molecular flexibility index (Phi) is 5.07. The van der Waals surface area contributed by atoms with E-state index in [1.807, 2.05) is 38.1 Å². The van der Waals surface area contributed by atoms with Gasteiger partial charge in [-0.1, -0.05) is 67.4 Å². The van der Waals surface area contributed by atoms with Crippen LogP contribution < -0.4 is 0 Å². The van der Waals surface area contributed by atoms with Crippen LogP contribution in [0.2, 0.25) is 5.02 Å². The van der Waals surface area contributed by atoms with Crippen molar-refractivity contribution in [3.8, 4) is 11.1 Å². The molecule has 0 nitrogen and oxygen atoms in total. The third-order valence-corrected chi connectivity index (χ3v) is 2.45. The summed E-state index contributed by atoms with van der Waals surface area (Å²) < 4.78 is 0. The summed E-state index contributed by atoms with van der Waals surface area (Å²) >= 11 is 5.83. The average Bonchev–Trinajstić information content (AvgIpc) is 2.32. The number of hydrogen-bond donors (Lipinski definition) is 0. The highest BCUT2D eigenvalue weighted by Gasteiger charge is 1.96. The molecule has 0 atom stereocenters. The Labute approximate surface area is 103 Å². The molecule has 0 heterocycles. The van der Waals surface area contributed by atoms with Gasteiger partial charge in [0.2, 0.25) is 0 Å². The molecule has 0 bridgehead atoms. The minimum Gasteiger partial charge on any atom is -0.0843 e. The highest BCUT2D eigenvalue weighted by Crippen LogP contribution is 2.21. The van der Waals surface area contributed by atoms with Crippen LogP contribution in [0.1, 0.15) is 19.4 Å². The zero-order valence-corrected chi connectivity index (χ0v) is 10.8. The highest BCUT2D eigenvalue weighted by atomic mass is 35.5. The molecule has 0 aromatic heterocycles. The maximum Gasteiger partial charge on any atom is 0.0406 e. The van der Waals surface area contributed by atoms with E-state index >= 15 is 0 Å². The zero-order chi connectivity index (χ0) is 12.0. The number of hydrogen-bond acceptors (Lipinski definition) is 0. The van der Waals surface area contributed by atoms with Gasteiger partial charge in [-0.15, -0.1) is 0 Å². The Balaban J connectivity index is 0.000000606. The predicted octanol–water partition coefficient (Wildman–Crippen LogP) is 5.34. The van der Waals surface area contributed by atoms with Gasteiger partial charge >= 0.3 is 0 Å². The lowest BCUT2D eigenvalue weighted by Gasteiger charge is -2.02. The van der Waals surface area contributed by atoms with E-state index in [0.717, 1.165) is 5.02 Å². The smallest absolute Gasteiger partial charge is 0.0406 e. The summed E-state index contributed by atoms with van der Waals surface area (Å²) in [6.45, 7) is 6.10. The topological polar surface area (TPSA) is 0 Å². The summed E-state index contributed by atoms with van der Waals surface area (Å²) in [6, 6.07) is 16.4. The normalized spacial score (nSPS) is 9.25. The van der Waals surface area contributed by atoms with Gasteiger partial charge in [0.05, 0.1) is 0 Å². The van der Waals surface area contributed by atoms with Gasteiger partial charge in [0.25, 0.3) is 0 Å². The monoisotopic (exact) mass is 232 g/mol. The van der Waals surface area contributed by atoms with Crippen LogP contribution in [0.4, 0.5) is 0 Å². The molecule has 0 fully saturated rings. The van der Waals surface area contributed by atoms with E-state index < -0.39 is 0 Å². The number of rotatable bonds is 1. The summed E-state index contributed by atoms with van der Waals surface area (Å²) in [5, 5.41) is 0.779. The molecule has 0 radical (unpaired) electrons. The second-order valence-electron chi connectivity index (χ2n) is 3.38. The average molecular weight is 233 g/mol. The van der Waals surface area contributed by atoms with E-state index in [9.17, 15) is 0 Å². The van der Waals surface area contributed by atoms with Gasteiger partial charge in [-0.3, -0.25) is 0 Å². The Morgan fingerprint density at radius 3 is 2.00 bits per heavy atom. The fourth-order valence-corrected chi connectivity index (χ4v) is 1.59. The van der Waals surface area contributed by atoms with Crippen LogP contribution >= 0.6 is 11.6 Å². The molecule has 2 aromatic rings. The predicted molar refractivity (Wildman–Crippen MR) is 73.0 cm³/mol. The van der Waals surface area contributed by atoms with E-state index in [2.05, 4.69) is 31.2 Å². The molecular weight excluding hydrogens is 216 g/mol. The molecule has 1 heteroatoms. The molecule has 0 unspecified atom stereocenters. The fourth-order valence-electron chi connectivity index (χ4n) is 1.47. The van der Waals surface area contributed by atoms with Crippen molar-refractivity contribution in [2.45, 2.75) is 20.8 Å². The van der Waals surface area contributed by atoms with Gasteiger partial charge in [-0.2, -0.15) is 0 Å². The van der Waals surface area contributed by atoms with Crippen LogP contribution in [0.15, 0.2) is 48.5 Å². The zero-order valence-electron chi connectivity index (χ0n) is 10.00. The molecule has 0 spiro atoms. The second-order valence-corrected chi connectivity index (χ2v) is 3.81. The highest BCUT2D eigenvalue weighted by molar-refractivity contribution is 6.30. The van der Waals surface area contributed by atoms with Crippen LogP contribution in [0.3, 0.4) is 0 Å². The first kappa shape index (κ1) is 12.8. The van der Waals surface area contributed by atoms with Crippen LogP contribution in [0.5, 0.6) is 0 Å². The first-order chi connectivity index (χ1) is 7.75. The largest absolute Gasteiger partial charge is 0.0843 e. The summed E-state index contributed by atoms with van der Waals surface area (Å²) in [5.41, 5.74) is 3.72. The second kappa shape index (κ2) is 6.34. The Morgan fingerprint density at radius 1 is 0.812 bits per heavy atom. The molecule has 0 amide bonds. The Morgan fingerprint density at radius 2 is 1.44 bits per heavy atom. The quantitative estimate of drug-likeness (QED) is 0.623. The van der Waals surface area contributed by atoms with Crippen molar-refractivity contribution >= 4 is 11.6 Å². The summed E-state index contributed by atoms with van der Waals surface area (Å²) in [5.74, 6) is 0. The lowest BCUT2D eigenvalue weighted by molar-refractivity contribution is 1.47. The third kappa shape index (κ3) is 3.39. The fraction of sp³-hybridized carbons (Fsp3) is 0.200. The molecule has 0 N–H and O–H groups in total. The molecule has 0 aliphatic rings. The first-order valence-electron chi connectivity index (χ1n) is 5.58. The number of aryl methyl sites for hydroxylation is 1. The molecular formula is C15H17Cl. The van der Waals surface area contributed by atoms with E-state index in [1.165, 1.54) is 16.7 Å². The van der Waals surface area contributed by atoms with Crippen molar-refractivity contribution in [3.05, 3.63) is 59.1 Å².